The second-order valence-electron chi connectivity index (χ2n) is 2.64. The number of hydrogen-bond acceptors (Lipinski definition) is 4. The van der Waals surface area contributed by atoms with Crippen LogP contribution in [0.25, 0.3) is 0 Å². The minimum absolute atomic E-state index is 0.308. The number of rotatable bonds is 6. The summed E-state index contributed by atoms with van der Waals surface area (Å²) >= 11 is 3.98. The van der Waals surface area contributed by atoms with Crippen LogP contribution in [0.2, 0.25) is 0 Å². The van der Waals surface area contributed by atoms with Crippen molar-refractivity contribution in [1.82, 2.24) is 0 Å². The molecule has 0 saturated carbocycles. The Hall–Kier alpha value is -0.220. The normalized spacial score (nSPS) is 12.6. The summed E-state index contributed by atoms with van der Waals surface area (Å²) in [5.41, 5.74) is 5.49. The van der Waals surface area contributed by atoms with Crippen LogP contribution in [0.15, 0.2) is 0 Å². The van der Waals surface area contributed by atoms with Crippen LogP contribution in [0.4, 0.5) is 0 Å². The van der Waals surface area contributed by atoms with Gasteiger partial charge < -0.3 is 10.5 Å². The lowest BCUT2D eigenvalue weighted by molar-refractivity contribution is -0.145. The minimum Gasteiger partial charge on any atom is -0.465 e. The third kappa shape index (κ3) is 5.43. The molecule has 0 aliphatic rings. The number of carbonyl (C=O) groups is 1. The Morgan fingerprint density at radius 3 is 2.83 bits per heavy atom. The van der Waals surface area contributed by atoms with E-state index in [0.717, 1.165) is 12.8 Å². The smallest absolute Gasteiger partial charge is 0.322 e. The summed E-state index contributed by atoms with van der Waals surface area (Å²) in [7, 11) is 0. The van der Waals surface area contributed by atoms with Crippen molar-refractivity contribution in [1.29, 1.82) is 0 Å². The predicted octanol–water partition coefficient (Wildman–Crippen LogP) is 0.977. The van der Waals surface area contributed by atoms with Gasteiger partial charge in [0.2, 0.25) is 0 Å². The zero-order chi connectivity index (χ0) is 9.40. The summed E-state index contributed by atoms with van der Waals surface area (Å²) in [6, 6.07) is -0.501. The molecule has 0 rings (SSSR count). The van der Waals surface area contributed by atoms with E-state index in [9.17, 15) is 4.79 Å². The first kappa shape index (κ1) is 11.8. The number of esters is 1. The van der Waals surface area contributed by atoms with Crippen molar-refractivity contribution in [3.05, 3.63) is 0 Å². The first-order valence-corrected chi connectivity index (χ1v) is 4.88. The van der Waals surface area contributed by atoms with Crippen molar-refractivity contribution >= 4 is 18.6 Å². The number of thiol groups is 1. The highest BCUT2D eigenvalue weighted by molar-refractivity contribution is 7.80. The second-order valence-corrected chi connectivity index (χ2v) is 3.09. The maximum absolute atomic E-state index is 11.0. The van der Waals surface area contributed by atoms with Gasteiger partial charge in [-0.1, -0.05) is 13.3 Å². The van der Waals surface area contributed by atoms with Gasteiger partial charge in [-0.3, -0.25) is 4.79 Å². The van der Waals surface area contributed by atoms with Gasteiger partial charge in [0.25, 0.3) is 0 Å². The van der Waals surface area contributed by atoms with E-state index < -0.39 is 6.04 Å². The van der Waals surface area contributed by atoms with Crippen LogP contribution >= 0.6 is 12.6 Å². The van der Waals surface area contributed by atoms with Crippen molar-refractivity contribution in [2.75, 3.05) is 12.4 Å². The van der Waals surface area contributed by atoms with Gasteiger partial charge in [-0.15, -0.1) is 0 Å². The zero-order valence-corrected chi connectivity index (χ0v) is 8.35. The standard InChI is InChI=1S/C8H17NO2S/c1-2-3-5-11-8(10)7(9)4-6-12/h7,12H,2-6,9H2,1H3. The van der Waals surface area contributed by atoms with E-state index >= 15 is 0 Å². The molecule has 0 aromatic carbocycles. The maximum Gasteiger partial charge on any atom is 0.322 e. The molecule has 4 heteroatoms. The highest BCUT2D eigenvalue weighted by Gasteiger charge is 2.12. The van der Waals surface area contributed by atoms with Crippen LogP contribution in [0, 0.1) is 0 Å². The van der Waals surface area contributed by atoms with Gasteiger partial charge in [-0.2, -0.15) is 12.6 Å². The molecule has 0 amide bonds. The Kier molecular flexibility index (Phi) is 7.29. The molecule has 0 aromatic heterocycles. The van der Waals surface area contributed by atoms with Crippen molar-refractivity contribution < 1.29 is 9.53 Å². The van der Waals surface area contributed by atoms with E-state index in [4.69, 9.17) is 10.5 Å². The molecule has 2 N–H and O–H groups in total. The molecular formula is C8H17NO2S. The van der Waals surface area contributed by atoms with Crippen LogP contribution in [-0.4, -0.2) is 24.4 Å². The topological polar surface area (TPSA) is 52.3 Å². The molecule has 0 bridgehead atoms. The van der Waals surface area contributed by atoms with E-state index in [0.29, 0.717) is 18.8 Å². The summed E-state index contributed by atoms with van der Waals surface area (Å²) < 4.78 is 4.90. The molecule has 1 atom stereocenters. The molecule has 3 nitrogen and oxygen atoms in total. The molecule has 0 radical (unpaired) electrons. The molecule has 0 spiro atoms. The number of hydrogen-bond donors (Lipinski definition) is 2. The molecule has 0 fully saturated rings. The summed E-state index contributed by atoms with van der Waals surface area (Å²) in [5.74, 6) is 0.307. The predicted molar refractivity (Wildman–Crippen MR) is 52.3 cm³/mol. The number of ether oxygens (including phenoxy) is 1. The van der Waals surface area contributed by atoms with Crippen LogP contribution < -0.4 is 5.73 Å². The quantitative estimate of drug-likeness (QED) is 0.374. The molecule has 0 aliphatic carbocycles. The number of nitrogens with two attached hydrogens (primary N) is 1. The fraction of sp³-hybridized carbons (Fsp3) is 0.875. The lowest BCUT2D eigenvalue weighted by atomic mass is 10.2. The van der Waals surface area contributed by atoms with Crippen molar-refractivity contribution in [2.24, 2.45) is 5.73 Å². The summed E-state index contributed by atoms with van der Waals surface area (Å²) in [5, 5.41) is 0. The lowest BCUT2D eigenvalue weighted by Gasteiger charge is -2.09. The van der Waals surface area contributed by atoms with Gasteiger partial charge >= 0.3 is 5.97 Å². The average Bonchev–Trinajstić information content (AvgIpc) is 2.05. The Morgan fingerprint density at radius 2 is 2.33 bits per heavy atom. The summed E-state index contributed by atoms with van der Waals surface area (Å²) in [6.07, 6.45) is 2.50. The molecule has 0 saturated heterocycles. The van der Waals surface area contributed by atoms with E-state index in [1.165, 1.54) is 0 Å². The van der Waals surface area contributed by atoms with Crippen molar-refractivity contribution in [3.63, 3.8) is 0 Å². The van der Waals surface area contributed by atoms with E-state index in [1.807, 2.05) is 6.92 Å². The Bertz CT molecular complexity index is 130. The maximum atomic E-state index is 11.0. The van der Waals surface area contributed by atoms with Gasteiger partial charge in [0.1, 0.15) is 6.04 Å². The molecule has 1 unspecified atom stereocenters. The monoisotopic (exact) mass is 191 g/mol. The first-order chi connectivity index (χ1) is 5.72. The van der Waals surface area contributed by atoms with Gasteiger partial charge in [0.05, 0.1) is 6.61 Å². The van der Waals surface area contributed by atoms with Crippen LogP contribution in [0.1, 0.15) is 26.2 Å². The van der Waals surface area contributed by atoms with Gasteiger partial charge in [0.15, 0.2) is 0 Å². The minimum atomic E-state index is -0.501. The lowest BCUT2D eigenvalue weighted by Crippen LogP contribution is -2.32. The van der Waals surface area contributed by atoms with Crippen molar-refractivity contribution in [2.45, 2.75) is 32.2 Å². The van der Waals surface area contributed by atoms with Gasteiger partial charge in [-0.25, -0.2) is 0 Å². The molecule has 0 heterocycles. The van der Waals surface area contributed by atoms with Crippen LogP contribution in [0.5, 0.6) is 0 Å². The third-order valence-electron chi connectivity index (χ3n) is 1.49. The Morgan fingerprint density at radius 1 is 1.67 bits per heavy atom. The van der Waals surface area contributed by atoms with Crippen LogP contribution in [0.3, 0.4) is 0 Å². The molecule has 72 valence electrons. The fourth-order valence-corrected chi connectivity index (χ4v) is 0.959. The highest BCUT2D eigenvalue weighted by Crippen LogP contribution is 1.96. The van der Waals surface area contributed by atoms with Gasteiger partial charge in [0, 0.05) is 0 Å². The summed E-state index contributed by atoms with van der Waals surface area (Å²) in [4.78, 5) is 11.0. The zero-order valence-electron chi connectivity index (χ0n) is 7.45. The van der Waals surface area contributed by atoms with E-state index in [2.05, 4.69) is 12.6 Å². The van der Waals surface area contributed by atoms with Gasteiger partial charge in [-0.05, 0) is 18.6 Å². The average molecular weight is 191 g/mol. The first-order valence-electron chi connectivity index (χ1n) is 4.25. The number of carbonyl (C=O) groups excluding carboxylic acids is 1. The molecular weight excluding hydrogens is 174 g/mol. The summed E-state index contributed by atoms with van der Waals surface area (Å²) in [6.45, 7) is 2.52. The molecule has 0 aliphatic heterocycles. The molecule has 12 heavy (non-hydrogen) atoms. The second kappa shape index (κ2) is 7.43. The number of unbranched alkanes of at least 4 members (excludes halogenated alkanes) is 1. The Labute approximate surface area is 79.1 Å². The Balaban J connectivity index is 3.43. The SMILES string of the molecule is CCCCOC(=O)C(N)CCS. The molecule has 0 aromatic rings. The van der Waals surface area contributed by atoms with Crippen LogP contribution in [-0.2, 0) is 9.53 Å². The van der Waals surface area contributed by atoms with E-state index in [-0.39, 0.29) is 5.97 Å². The largest absolute Gasteiger partial charge is 0.465 e. The van der Waals surface area contributed by atoms with E-state index in [1.54, 1.807) is 0 Å². The van der Waals surface area contributed by atoms with Crippen molar-refractivity contribution in [3.8, 4) is 0 Å². The fourth-order valence-electron chi connectivity index (χ4n) is 0.681. The third-order valence-corrected chi connectivity index (χ3v) is 1.74. The highest BCUT2D eigenvalue weighted by atomic mass is 32.1.